The van der Waals surface area contributed by atoms with Gasteiger partial charge in [0.15, 0.2) is 5.52 Å². The van der Waals surface area contributed by atoms with Gasteiger partial charge in [-0.25, -0.2) is 4.98 Å². The van der Waals surface area contributed by atoms with Crippen LogP contribution in [0.4, 0.5) is 13.2 Å². The van der Waals surface area contributed by atoms with Crippen molar-refractivity contribution >= 4 is 16.8 Å². The number of ketones is 1. The molecule has 0 unspecified atom stereocenters. The lowest BCUT2D eigenvalue weighted by atomic mass is 10.0. The van der Waals surface area contributed by atoms with Gasteiger partial charge in [-0.15, -0.1) is 0 Å². The van der Waals surface area contributed by atoms with E-state index in [1.165, 1.54) is 24.0 Å². The predicted molar refractivity (Wildman–Crippen MR) is 88.0 cm³/mol. The van der Waals surface area contributed by atoms with Gasteiger partial charge in [0.25, 0.3) is 5.56 Å². The molecule has 1 aromatic carbocycles. The van der Waals surface area contributed by atoms with Crippen LogP contribution in [0.5, 0.6) is 0 Å². The van der Waals surface area contributed by atoms with Gasteiger partial charge in [-0.05, 0) is 19.1 Å². The van der Waals surface area contributed by atoms with Crippen LogP contribution in [0.2, 0.25) is 0 Å². The number of aromatic nitrogens is 4. The molecule has 0 spiro atoms. The summed E-state index contributed by atoms with van der Waals surface area (Å²) in [7, 11) is 1.43. The maximum atomic E-state index is 12.9. The summed E-state index contributed by atoms with van der Waals surface area (Å²) in [4.78, 5) is 29.2. The minimum atomic E-state index is -4.71. The summed E-state index contributed by atoms with van der Waals surface area (Å²) in [6, 6.07) is 3.99. The maximum Gasteiger partial charge on any atom is 0.417 e. The largest absolute Gasteiger partial charge is 0.417 e. The second kappa shape index (κ2) is 6.35. The number of hydrogen-bond donors (Lipinski definition) is 0. The lowest BCUT2D eigenvalue weighted by molar-refractivity contribution is -0.137. The Morgan fingerprint density at radius 2 is 2.00 bits per heavy atom. The number of carbonyl (C=O) groups is 1. The molecule has 0 aliphatic carbocycles. The number of nitriles is 1. The Morgan fingerprint density at radius 3 is 2.59 bits per heavy atom. The fraction of sp³-hybridized carbons (Fsp3) is 0.235. The molecular formula is C17H12F3N5O2. The molecule has 27 heavy (non-hydrogen) atoms. The van der Waals surface area contributed by atoms with Crippen LogP contribution in [0, 0.1) is 11.3 Å². The lowest BCUT2D eigenvalue weighted by Gasteiger charge is -2.10. The van der Waals surface area contributed by atoms with Crippen molar-refractivity contribution < 1.29 is 18.0 Å². The number of carbonyl (C=O) groups excluding carboxylic acids is 1. The standard InChI is InChI=1S/C17H12F3N5O2/c1-3-25-8-22-12-13(16(25)27)23-24(2)14(12)15(26)9-4-5-11(17(18,19)20)10(6-9)7-21/h4-6,8H,3H2,1-2H3. The summed E-state index contributed by atoms with van der Waals surface area (Å²) < 4.78 is 41.3. The summed E-state index contributed by atoms with van der Waals surface area (Å²) >= 11 is 0. The van der Waals surface area contributed by atoms with E-state index in [0.29, 0.717) is 12.6 Å². The van der Waals surface area contributed by atoms with E-state index in [2.05, 4.69) is 10.1 Å². The Bertz CT molecular complexity index is 1170. The Morgan fingerprint density at radius 1 is 1.30 bits per heavy atom. The third-order valence-electron chi connectivity index (χ3n) is 4.08. The highest BCUT2D eigenvalue weighted by molar-refractivity contribution is 6.14. The van der Waals surface area contributed by atoms with E-state index in [1.54, 1.807) is 6.92 Å². The minimum Gasteiger partial charge on any atom is -0.298 e. The molecule has 0 bridgehead atoms. The van der Waals surface area contributed by atoms with Crippen LogP contribution < -0.4 is 5.56 Å². The first-order valence-corrected chi connectivity index (χ1v) is 7.77. The number of aryl methyl sites for hydroxylation is 2. The monoisotopic (exact) mass is 375 g/mol. The summed E-state index contributed by atoms with van der Waals surface area (Å²) in [5, 5.41) is 13.0. The van der Waals surface area contributed by atoms with Gasteiger partial charge < -0.3 is 0 Å². The van der Waals surface area contributed by atoms with Gasteiger partial charge in [0, 0.05) is 19.2 Å². The van der Waals surface area contributed by atoms with Gasteiger partial charge in [-0.2, -0.15) is 23.5 Å². The molecule has 0 N–H and O–H groups in total. The first-order chi connectivity index (χ1) is 12.7. The van der Waals surface area contributed by atoms with Crippen molar-refractivity contribution in [2.45, 2.75) is 19.6 Å². The third-order valence-corrected chi connectivity index (χ3v) is 4.08. The molecule has 0 atom stereocenters. The zero-order valence-corrected chi connectivity index (χ0v) is 14.2. The number of rotatable bonds is 3. The SMILES string of the molecule is CCn1cnc2c(C(=O)c3ccc(C(F)(F)F)c(C#N)c3)n(C)nc2c1=O. The Kier molecular flexibility index (Phi) is 4.31. The molecule has 0 saturated heterocycles. The van der Waals surface area contributed by atoms with Crippen LogP contribution in [0.1, 0.15) is 34.1 Å². The smallest absolute Gasteiger partial charge is 0.298 e. The fourth-order valence-corrected chi connectivity index (χ4v) is 2.74. The second-order valence-corrected chi connectivity index (χ2v) is 5.70. The van der Waals surface area contributed by atoms with Crippen LogP contribution in [0.3, 0.4) is 0 Å². The van der Waals surface area contributed by atoms with E-state index in [0.717, 1.165) is 16.8 Å². The maximum absolute atomic E-state index is 12.9. The molecule has 3 aromatic rings. The van der Waals surface area contributed by atoms with Gasteiger partial charge in [0.1, 0.15) is 11.2 Å². The Labute approximate surface area is 150 Å². The molecule has 0 fully saturated rings. The van der Waals surface area contributed by atoms with Crippen LogP contribution in [0.15, 0.2) is 29.3 Å². The van der Waals surface area contributed by atoms with Crippen molar-refractivity contribution in [2.75, 3.05) is 0 Å². The average molecular weight is 375 g/mol. The van der Waals surface area contributed by atoms with Gasteiger partial charge in [0.2, 0.25) is 5.78 Å². The number of alkyl halides is 3. The van der Waals surface area contributed by atoms with E-state index in [4.69, 9.17) is 5.26 Å². The summed E-state index contributed by atoms with van der Waals surface area (Å²) in [6.45, 7) is 2.11. The van der Waals surface area contributed by atoms with Gasteiger partial charge in [0.05, 0.1) is 23.5 Å². The van der Waals surface area contributed by atoms with Crippen molar-refractivity contribution in [3.8, 4) is 6.07 Å². The molecular weight excluding hydrogens is 363 g/mol. The molecule has 10 heteroatoms. The molecule has 2 heterocycles. The highest BCUT2D eigenvalue weighted by Gasteiger charge is 2.34. The van der Waals surface area contributed by atoms with Crippen LogP contribution in [-0.4, -0.2) is 25.1 Å². The molecule has 0 aliphatic rings. The number of hydrogen-bond acceptors (Lipinski definition) is 5. The number of fused-ring (bicyclic) bond motifs is 1. The molecule has 0 amide bonds. The molecule has 3 rings (SSSR count). The molecule has 0 radical (unpaired) electrons. The van der Waals surface area contributed by atoms with Crippen molar-refractivity contribution in [2.24, 2.45) is 7.05 Å². The van der Waals surface area contributed by atoms with Gasteiger partial charge in [-0.1, -0.05) is 6.07 Å². The highest BCUT2D eigenvalue weighted by atomic mass is 19.4. The molecule has 138 valence electrons. The van der Waals surface area contributed by atoms with E-state index in [1.807, 2.05) is 0 Å². The molecule has 0 saturated carbocycles. The van der Waals surface area contributed by atoms with Gasteiger partial charge in [-0.3, -0.25) is 18.8 Å². The van der Waals surface area contributed by atoms with E-state index < -0.39 is 28.6 Å². The number of benzene rings is 1. The zero-order chi connectivity index (χ0) is 19.9. The predicted octanol–water partition coefficient (Wildman–Crippen LogP) is 2.27. The second-order valence-electron chi connectivity index (χ2n) is 5.70. The molecule has 2 aromatic heterocycles. The van der Waals surface area contributed by atoms with Crippen molar-refractivity contribution in [1.82, 2.24) is 19.3 Å². The van der Waals surface area contributed by atoms with Crippen LogP contribution >= 0.6 is 0 Å². The van der Waals surface area contributed by atoms with Crippen molar-refractivity contribution in [1.29, 1.82) is 5.26 Å². The van der Waals surface area contributed by atoms with Crippen molar-refractivity contribution in [3.05, 3.63) is 57.3 Å². The lowest BCUT2D eigenvalue weighted by Crippen LogP contribution is -2.19. The molecule has 7 nitrogen and oxygen atoms in total. The normalized spacial score (nSPS) is 11.6. The quantitative estimate of drug-likeness (QED) is 0.655. The van der Waals surface area contributed by atoms with E-state index in [-0.39, 0.29) is 22.3 Å². The summed E-state index contributed by atoms with van der Waals surface area (Å²) in [5.74, 6) is -0.689. The zero-order valence-electron chi connectivity index (χ0n) is 14.2. The molecule has 0 aliphatic heterocycles. The van der Waals surface area contributed by atoms with Crippen molar-refractivity contribution in [3.63, 3.8) is 0 Å². The first kappa shape index (κ1) is 18.3. The summed E-state index contributed by atoms with van der Waals surface area (Å²) in [6.07, 6.45) is -3.44. The topological polar surface area (TPSA) is 93.6 Å². The van der Waals surface area contributed by atoms with Crippen LogP contribution in [-0.2, 0) is 19.8 Å². The average Bonchev–Trinajstić information content (AvgIpc) is 2.97. The first-order valence-electron chi connectivity index (χ1n) is 7.77. The minimum absolute atomic E-state index is 0.0161. The van der Waals surface area contributed by atoms with E-state index in [9.17, 15) is 22.8 Å². The Hall–Kier alpha value is -3.48. The van der Waals surface area contributed by atoms with Crippen LogP contribution in [0.25, 0.3) is 11.0 Å². The van der Waals surface area contributed by atoms with Gasteiger partial charge >= 0.3 is 6.18 Å². The summed E-state index contributed by atoms with van der Waals surface area (Å²) in [5.41, 5.74) is -2.36. The van der Waals surface area contributed by atoms with E-state index >= 15 is 0 Å². The number of nitrogens with zero attached hydrogens (tertiary/aromatic N) is 5. The Balaban J connectivity index is 2.18. The third kappa shape index (κ3) is 2.97. The fourth-order valence-electron chi connectivity index (χ4n) is 2.74. The highest BCUT2D eigenvalue weighted by Crippen LogP contribution is 2.32. The number of halogens is 3.